The van der Waals surface area contributed by atoms with E-state index in [0.29, 0.717) is 12.6 Å². The molecule has 0 aromatic heterocycles. The molecule has 98 valence electrons. The van der Waals surface area contributed by atoms with E-state index in [2.05, 4.69) is 33.0 Å². The van der Waals surface area contributed by atoms with Crippen LogP contribution in [0.5, 0.6) is 0 Å². The highest BCUT2D eigenvalue weighted by Crippen LogP contribution is 2.19. The van der Waals surface area contributed by atoms with Crippen molar-refractivity contribution >= 4 is 0 Å². The number of unbranched alkanes of at least 4 members (excludes halogenated alkanes) is 1. The highest BCUT2D eigenvalue weighted by molar-refractivity contribution is 4.90. The number of aliphatic hydroxyl groups is 1. The summed E-state index contributed by atoms with van der Waals surface area (Å²) < 4.78 is 0. The van der Waals surface area contributed by atoms with Gasteiger partial charge >= 0.3 is 0 Å². The van der Waals surface area contributed by atoms with Crippen molar-refractivity contribution in [2.75, 3.05) is 13.2 Å². The average Bonchev–Trinajstić information content (AvgIpc) is 2.33. The van der Waals surface area contributed by atoms with Crippen molar-refractivity contribution < 1.29 is 5.11 Å². The maximum absolute atomic E-state index is 9.15. The summed E-state index contributed by atoms with van der Waals surface area (Å²) in [4.78, 5) is 0. The molecule has 0 spiro atoms. The van der Waals surface area contributed by atoms with Crippen LogP contribution in [-0.2, 0) is 0 Å². The molecule has 3 unspecified atom stereocenters. The van der Waals surface area contributed by atoms with Gasteiger partial charge in [-0.05, 0) is 25.7 Å². The predicted octanol–water partition coefficient (Wildman–Crippen LogP) is 1.89. The number of aliphatic hydroxyl groups excluding tert-OH is 1. The van der Waals surface area contributed by atoms with Gasteiger partial charge in [-0.1, -0.05) is 33.6 Å². The van der Waals surface area contributed by atoms with Gasteiger partial charge in [0.05, 0.1) is 0 Å². The second kappa shape index (κ2) is 8.04. The normalized spacial score (nSPS) is 19.1. The Morgan fingerprint density at radius 1 is 1.31 bits per heavy atom. The summed E-state index contributed by atoms with van der Waals surface area (Å²) in [6, 6.07) is 0.311. The molecule has 3 atom stereocenters. The van der Waals surface area contributed by atoms with Gasteiger partial charge in [-0.25, -0.2) is 0 Å². The Bertz CT molecular complexity index is 169. The highest BCUT2D eigenvalue weighted by atomic mass is 16.3. The first-order chi connectivity index (χ1) is 7.55. The van der Waals surface area contributed by atoms with Gasteiger partial charge in [0.25, 0.3) is 0 Å². The Kier molecular flexibility index (Phi) is 7.98. The fourth-order valence-corrected chi connectivity index (χ4v) is 1.95. The Labute approximate surface area is 101 Å². The maximum atomic E-state index is 9.15. The molecule has 3 heteroatoms. The van der Waals surface area contributed by atoms with E-state index >= 15 is 0 Å². The lowest BCUT2D eigenvalue weighted by Gasteiger charge is -2.37. The third-order valence-electron chi connectivity index (χ3n) is 3.75. The van der Waals surface area contributed by atoms with Crippen LogP contribution in [0.3, 0.4) is 0 Å². The van der Waals surface area contributed by atoms with Crippen molar-refractivity contribution in [3.8, 4) is 0 Å². The zero-order valence-corrected chi connectivity index (χ0v) is 11.4. The molecule has 0 rings (SSSR count). The maximum Gasteiger partial charge on any atom is 0.0471 e. The van der Waals surface area contributed by atoms with Crippen LogP contribution in [0.2, 0.25) is 0 Å². The minimum absolute atomic E-state index is 0.0544. The van der Waals surface area contributed by atoms with Crippen LogP contribution >= 0.6 is 0 Å². The van der Waals surface area contributed by atoms with Gasteiger partial charge in [0.15, 0.2) is 0 Å². The summed E-state index contributed by atoms with van der Waals surface area (Å²) >= 11 is 0. The standard InChI is InChI=1S/C13H30N2O/c1-5-7-8-13(6-2,10-14)15-12(4)11(3)9-16/h11-12,15-16H,5-10,14H2,1-4H3. The molecule has 0 radical (unpaired) electrons. The minimum atomic E-state index is 0.0544. The molecule has 0 aromatic rings. The third-order valence-corrected chi connectivity index (χ3v) is 3.75. The smallest absolute Gasteiger partial charge is 0.0471 e. The van der Waals surface area contributed by atoms with Gasteiger partial charge in [-0.3, -0.25) is 0 Å². The Morgan fingerprint density at radius 3 is 2.31 bits per heavy atom. The summed E-state index contributed by atoms with van der Waals surface area (Å²) in [6.45, 7) is 9.49. The zero-order valence-electron chi connectivity index (χ0n) is 11.4. The number of nitrogens with one attached hydrogen (secondary N) is 1. The second-order valence-corrected chi connectivity index (χ2v) is 5.03. The topological polar surface area (TPSA) is 58.3 Å². The van der Waals surface area contributed by atoms with E-state index < -0.39 is 0 Å². The van der Waals surface area contributed by atoms with Gasteiger partial charge < -0.3 is 16.2 Å². The molecule has 0 aromatic carbocycles. The second-order valence-electron chi connectivity index (χ2n) is 5.03. The van der Waals surface area contributed by atoms with Crippen LogP contribution in [0.4, 0.5) is 0 Å². The van der Waals surface area contributed by atoms with Crippen molar-refractivity contribution in [3.63, 3.8) is 0 Å². The Balaban J connectivity index is 4.40. The summed E-state index contributed by atoms with van der Waals surface area (Å²) in [7, 11) is 0. The molecule has 0 saturated carbocycles. The zero-order chi connectivity index (χ0) is 12.6. The molecular formula is C13H30N2O. The van der Waals surface area contributed by atoms with Gasteiger partial charge in [-0.15, -0.1) is 0 Å². The highest BCUT2D eigenvalue weighted by Gasteiger charge is 2.28. The molecule has 0 heterocycles. The summed E-state index contributed by atoms with van der Waals surface area (Å²) in [5, 5.41) is 12.8. The summed E-state index contributed by atoms with van der Waals surface area (Å²) in [5.74, 6) is 0.277. The number of hydrogen-bond acceptors (Lipinski definition) is 3. The molecule has 16 heavy (non-hydrogen) atoms. The van der Waals surface area contributed by atoms with E-state index in [0.717, 1.165) is 12.8 Å². The molecule has 3 nitrogen and oxygen atoms in total. The van der Waals surface area contributed by atoms with Crippen LogP contribution in [0.15, 0.2) is 0 Å². The fraction of sp³-hybridized carbons (Fsp3) is 1.00. The summed E-state index contributed by atoms with van der Waals surface area (Å²) in [6.07, 6.45) is 4.58. The molecule has 0 bridgehead atoms. The first-order valence-corrected chi connectivity index (χ1v) is 6.63. The minimum Gasteiger partial charge on any atom is -0.396 e. The molecule has 0 aliphatic rings. The third kappa shape index (κ3) is 4.81. The Hall–Kier alpha value is -0.120. The fourth-order valence-electron chi connectivity index (χ4n) is 1.95. The number of nitrogens with two attached hydrogens (primary N) is 1. The van der Waals surface area contributed by atoms with Gasteiger partial charge in [0.2, 0.25) is 0 Å². The van der Waals surface area contributed by atoms with Gasteiger partial charge in [0, 0.05) is 24.7 Å². The van der Waals surface area contributed by atoms with Crippen LogP contribution < -0.4 is 11.1 Å². The lowest BCUT2D eigenvalue weighted by atomic mass is 9.87. The van der Waals surface area contributed by atoms with E-state index in [9.17, 15) is 0 Å². The molecular weight excluding hydrogens is 200 g/mol. The van der Waals surface area contributed by atoms with Crippen LogP contribution in [-0.4, -0.2) is 29.8 Å². The molecule has 0 fully saturated rings. The first kappa shape index (κ1) is 15.9. The van der Waals surface area contributed by atoms with E-state index in [1.807, 2.05) is 0 Å². The monoisotopic (exact) mass is 230 g/mol. The molecule has 0 amide bonds. The quantitative estimate of drug-likeness (QED) is 0.567. The SMILES string of the molecule is CCCCC(CC)(CN)NC(C)C(C)CO. The van der Waals surface area contributed by atoms with Gasteiger partial charge in [-0.2, -0.15) is 0 Å². The van der Waals surface area contributed by atoms with E-state index in [4.69, 9.17) is 10.8 Å². The molecule has 0 saturated heterocycles. The summed E-state index contributed by atoms with van der Waals surface area (Å²) in [5.41, 5.74) is 5.98. The van der Waals surface area contributed by atoms with Crippen molar-refractivity contribution in [1.82, 2.24) is 5.32 Å². The van der Waals surface area contributed by atoms with Crippen molar-refractivity contribution in [3.05, 3.63) is 0 Å². The van der Waals surface area contributed by atoms with E-state index in [-0.39, 0.29) is 18.1 Å². The average molecular weight is 230 g/mol. The lowest BCUT2D eigenvalue weighted by Crippen LogP contribution is -2.55. The first-order valence-electron chi connectivity index (χ1n) is 6.63. The van der Waals surface area contributed by atoms with E-state index in [1.54, 1.807) is 0 Å². The van der Waals surface area contributed by atoms with Crippen LogP contribution in [0.1, 0.15) is 53.4 Å². The Morgan fingerprint density at radius 2 is 1.94 bits per heavy atom. The predicted molar refractivity (Wildman–Crippen MR) is 70.4 cm³/mol. The van der Waals surface area contributed by atoms with Crippen molar-refractivity contribution in [2.45, 2.75) is 65.0 Å². The van der Waals surface area contributed by atoms with Gasteiger partial charge in [0.1, 0.15) is 0 Å². The largest absolute Gasteiger partial charge is 0.396 e. The lowest BCUT2D eigenvalue weighted by molar-refractivity contribution is 0.172. The molecule has 0 aliphatic carbocycles. The van der Waals surface area contributed by atoms with Crippen molar-refractivity contribution in [1.29, 1.82) is 0 Å². The van der Waals surface area contributed by atoms with E-state index in [1.165, 1.54) is 12.8 Å². The molecule has 4 N–H and O–H groups in total. The van der Waals surface area contributed by atoms with Crippen LogP contribution in [0, 0.1) is 5.92 Å². The number of hydrogen-bond donors (Lipinski definition) is 3. The molecule has 0 aliphatic heterocycles. The van der Waals surface area contributed by atoms with Crippen molar-refractivity contribution in [2.24, 2.45) is 11.7 Å². The van der Waals surface area contributed by atoms with Crippen LogP contribution in [0.25, 0.3) is 0 Å². The number of rotatable bonds is 9.